The predicted octanol–water partition coefficient (Wildman–Crippen LogP) is 0.883. The number of carbonyl (C=O) groups is 2. The van der Waals surface area contributed by atoms with E-state index in [1.54, 1.807) is 11.6 Å². The summed E-state index contributed by atoms with van der Waals surface area (Å²) in [5.74, 6) is -1.52. The Labute approximate surface area is 123 Å². The Kier molecular flexibility index (Phi) is 3.25. The third kappa shape index (κ3) is 2.42. The van der Waals surface area contributed by atoms with E-state index in [2.05, 4.69) is 10.3 Å². The molecule has 110 valence electrons. The molecule has 1 fully saturated rings. The van der Waals surface area contributed by atoms with Gasteiger partial charge in [0.15, 0.2) is 4.96 Å². The zero-order chi connectivity index (χ0) is 15.0. The van der Waals surface area contributed by atoms with Crippen LogP contribution in [0.2, 0.25) is 0 Å². The molecular formula is C13H13N3O4S. The molecule has 1 saturated carbocycles. The molecule has 1 aliphatic rings. The maximum atomic E-state index is 12.3. The molecule has 2 aromatic heterocycles. The second kappa shape index (κ2) is 4.96. The SMILES string of the molecule is O=C(O)CC1(NC(=O)c2cnc3sccn3c2=O)CCC1. The third-order valence-corrected chi connectivity index (χ3v) is 4.54. The predicted molar refractivity (Wildman–Crippen MR) is 75.6 cm³/mol. The Morgan fingerprint density at radius 2 is 2.24 bits per heavy atom. The molecule has 2 aromatic rings. The van der Waals surface area contributed by atoms with Gasteiger partial charge in [-0.3, -0.25) is 18.8 Å². The third-order valence-electron chi connectivity index (χ3n) is 3.77. The summed E-state index contributed by atoms with van der Waals surface area (Å²) in [6.45, 7) is 0. The van der Waals surface area contributed by atoms with E-state index in [9.17, 15) is 14.4 Å². The molecular weight excluding hydrogens is 294 g/mol. The highest BCUT2D eigenvalue weighted by atomic mass is 32.1. The standard InChI is InChI=1S/C13H13N3O4S/c17-9(18)6-13(2-1-3-13)15-10(19)8-7-14-12-16(11(8)20)4-5-21-12/h4-5,7H,1-3,6H2,(H,15,19)(H,17,18). The molecule has 8 heteroatoms. The molecule has 21 heavy (non-hydrogen) atoms. The van der Waals surface area contributed by atoms with Gasteiger partial charge in [-0.2, -0.15) is 0 Å². The number of hydrogen-bond donors (Lipinski definition) is 2. The van der Waals surface area contributed by atoms with Crippen molar-refractivity contribution in [3.8, 4) is 0 Å². The molecule has 2 heterocycles. The number of thiazole rings is 1. The van der Waals surface area contributed by atoms with Gasteiger partial charge in [0.1, 0.15) is 5.56 Å². The van der Waals surface area contributed by atoms with Gasteiger partial charge in [-0.25, -0.2) is 4.98 Å². The summed E-state index contributed by atoms with van der Waals surface area (Å²) >= 11 is 1.30. The number of carbonyl (C=O) groups excluding carboxylic acids is 1. The van der Waals surface area contributed by atoms with E-state index in [4.69, 9.17) is 5.11 Å². The fourth-order valence-corrected chi connectivity index (χ4v) is 3.20. The van der Waals surface area contributed by atoms with Gasteiger partial charge in [0.25, 0.3) is 11.5 Å². The van der Waals surface area contributed by atoms with Gasteiger partial charge in [0, 0.05) is 17.8 Å². The highest BCUT2D eigenvalue weighted by Gasteiger charge is 2.40. The normalized spacial score (nSPS) is 16.4. The number of carboxylic acids is 1. The summed E-state index contributed by atoms with van der Waals surface area (Å²) in [4.78, 5) is 39.9. The monoisotopic (exact) mass is 307 g/mol. The topological polar surface area (TPSA) is 101 Å². The van der Waals surface area contributed by atoms with Crippen molar-refractivity contribution in [2.45, 2.75) is 31.2 Å². The maximum absolute atomic E-state index is 12.3. The van der Waals surface area contributed by atoms with Crippen LogP contribution in [0.1, 0.15) is 36.0 Å². The molecule has 2 N–H and O–H groups in total. The number of rotatable bonds is 4. The minimum Gasteiger partial charge on any atom is -0.481 e. The van der Waals surface area contributed by atoms with Crippen LogP contribution in [0.4, 0.5) is 0 Å². The van der Waals surface area contributed by atoms with E-state index >= 15 is 0 Å². The van der Waals surface area contributed by atoms with Gasteiger partial charge in [-0.15, -0.1) is 11.3 Å². The van der Waals surface area contributed by atoms with Gasteiger partial charge in [-0.1, -0.05) is 0 Å². The first-order valence-electron chi connectivity index (χ1n) is 6.50. The first kappa shape index (κ1) is 13.7. The maximum Gasteiger partial charge on any atom is 0.305 e. The van der Waals surface area contributed by atoms with Crippen molar-refractivity contribution < 1.29 is 14.7 Å². The number of carboxylic acid groups (broad SMARTS) is 1. The van der Waals surface area contributed by atoms with Crippen LogP contribution < -0.4 is 10.9 Å². The molecule has 0 aromatic carbocycles. The zero-order valence-corrected chi connectivity index (χ0v) is 11.9. The summed E-state index contributed by atoms with van der Waals surface area (Å²) in [7, 11) is 0. The number of hydrogen-bond acceptors (Lipinski definition) is 5. The average Bonchev–Trinajstić information content (AvgIpc) is 2.85. The molecule has 0 aliphatic heterocycles. The van der Waals surface area contributed by atoms with E-state index < -0.39 is 23.0 Å². The highest BCUT2D eigenvalue weighted by Crippen LogP contribution is 2.35. The molecule has 1 aliphatic carbocycles. The van der Waals surface area contributed by atoms with Crippen LogP contribution in [0.5, 0.6) is 0 Å². The fraction of sp³-hybridized carbons (Fsp3) is 0.385. The van der Waals surface area contributed by atoms with Crippen molar-refractivity contribution in [3.63, 3.8) is 0 Å². The van der Waals surface area contributed by atoms with Crippen molar-refractivity contribution >= 4 is 28.2 Å². The molecule has 3 rings (SSSR count). The van der Waals surface area contributed by atoms with Crippen LogP contribution >= 0.6 is 11.3 Å². The van der Waals surface area contributed by atoms with Crippen LogP contribution in [0.15, 0.2) is 22.6 Å². The van der Waals surface area contributed by atoms with Crippen molar-refractivity contribution in [2.75, 3.05) is 0 Å². The second-order valence-corrected chi connectivity index (χ2v) is 6.06. The van der Waals surface area contributed by atoms with Crippen LogP contribution in [0.25, 0.3) is 4.96 Å². The van der Waals surface area contributed by atoms with E-state index in [1.807, 2.05) is 0 Å². The Bertz CT molecular complexity index is 775. The van der Waals surface area contributed by atoms with Crippen molar-refractivity contribution in [3.05, 3.63) is 33.7 Å². The lowest BCUT2D eigenvalue weighted by Gasteiger charge is -2.41. The summed E-state index contributed by atoms with van der Waals surface area (Å²) < 4.78 is 1.31. The quantitative estimate of drug-likeness (QED) is 0.873. The van der Waals surface area contributed by atoms with E-state index in [0.717, 1.165) is 6.42 Å². The number of nitrogens with one attached hydrogen (secondary N) is 1. The van der Waals surface area contributed by atoms with Crippen LogP contribution in [0, 0.1) is 0 Å². The minimum atomic E-state index is -0.960. The number of nitrogens with zero attached hydrogens (tertiary/aromatic N) is 2. The lowest BCUT2D eigenvalue weighted by Crippen LogP contribution is -2.55. The Morgan fingerprint density at radius 3 is 2.86 bits per heavy atom. The molecule has 0 unspecified atom stereocenters. The van der Waals surface area contributed by atoms with Crippen LogP contribution in [-0.4, -0.2) is 31.9 Å². The average molecular weight is 307 g/mol. The number of fused-ring (bicyclic) bond motifs is 1. The minimum absolute atomic E-state index is 0.0671. The van der Waals surface area contributed by atoms with Crippen molar-refractivity contribution in [1.82, 2.24) is 14.7 Å². The number of amides is 1. The van der Waals surface area contributed by atoms with E-state index in [1.165, 1.54) is 21.9 Å². The lowest BCUT2D eigenvalue weighted by molar-refractivity contribution is -0.139. The van der Waals surface area contributed by atoms with E-state index in [-0.39, 0.29) is 12.0 Å². The van der Waals surface area contributed by atoms with Gasteiger partial charge in [0.2, 0.25) is 0 Å². The first-order valence-corrected chi connectivity index (χ1v) is 7.38. The molecule has 0 saturated heterocycles. The van der Waals surface area contributed by atoms with Gasteiger partial charge < -0.3 is 10.4 Å². The van der Waals surface area contributed by atoms with Crippen molar-refractivity contribution in [2.24, 2.45) is 0 Å². The largest absolute Gasteiger partial charge is 0.481 e. The van der Waals surface area contributed by atoms with Crippen LogP contribution in [0.3, 0.4) is 0 Å². The zero-order valence-electron chi connectivity index (χ0n) is 11.0. The van der Waals surface area contributed by atoms with Gasteiger partial charge >= 0.3 is 5.97 Å². The van der Waals surface area contributed by atoms with Gasteiger partial charge in [0.05, 0.1) is 12.0 Å². The van der Waals surface area contributed by atoms with Crippen LogP contribution in [-0.2, 0) is 4.79 Å². The van der Waals surface area contributed by atoms with Crippen molar-refractivity contribution in [1.29, 1.82) is 0 Å². The Balaban J connectivity index is 1.88. The molecule has 1 amide bonds. The lowest BCUT2D eigenvalue weighted by atomic mass is 9.74. The second-order valence-electron chi connectivity index (χ2n) is 5.19. The molecule has 0 bridgehead atoms. The summed E-state index contributed by atoms with van der Waals surface area (Å²) in [5, 5.41) is 13.4. The Morgan fingerprint density at radius 1 is 1.48 bits per heavy atom. The summed E-state index contributed by atoms with van der Waals surface area (Å²) in [6.07, 6.45) is 4.77. The first-order chi connectivity index (χ1) is 10.0. The molecule has 0 spiro atoms. The smallest absolute Gasteiger partial charge is 0.305 e. The fourth-order valence-electron chi connectivity index (χ4n) is 2.53. The summed E-state index contributed by atoms with van der Waals surface area (Å²) in [5.41, 5.74) is -1.24. The Hall–Kier alpha value is -2.22. The van der Waals surface area contributed by atoms with E-state index in [0.29, 0.717) is 17.8 Å². The number of aliphatic carboxylic acids is 1. The summed E-state index contributed by atoms with van der Waals surface area (Å²) in [6, 6.07) is 0. The highest BCUT2D eigenvalue weighted by molar-refractivity contribution is 7.15. The molecule has 0 radical (unpaired) electrons. The molecule has 0 atom stereocenters. The van der Waals surface area contributed by atoms with Gasteiger partial charge in [-0.05, 0) is 19.3 Å². The molecule has 7 nitrogen and oxygen atoms in total. The number of aromatic nitrogens is 2.